The van der Waals surface area contributed by atoms with Gasteiger partial charge < -0.3 is 0 Å². The summed E-state index contributed by atoms with van der Waals surface area (Å²) in [5.74, 6) is 5.60. The summed E-state index contributed by atoms with van der Waals surface area (Å²) in [4.78, 5) is 0. The number of aryl methyl sites for hydroxylation is 1. The van der Waals surface area contributed by atoms with Crippen LogP contribution in [0.1, 0.15) is 17.3 Å². The summed E-state index contributed by atoms with van der Waals surface area (Å²) in [6, 6.07) is 4.88. The number of aromatic nitrogens is 2. The summed E-state index contributed by atoms with van der Waals surface area (Å²) in [5.41, 5.74) is 4.26. The Morgan fingerprint density at radius 2 is 1.83 bits per heavy atom. The quantitative estimate of drug-likeness (QED) is 0.677. The van der Waals surface area contributed by atoms with Gasteiger partial charge in [0.25, 0.3) is 0 Å². The molecular formula is C11H11Cl3N4. The molecule has 0 spiro atoms. The second kappa shape index (κ2) is 5.47. The van der Waals surface area contributed by atoms with Crippen molar-refractivity contribution >= 4 is 34.8 Å². The molecule has 1 aromatic heterocycles. The Morgan fingerprint density at radius 3 is 2.28 bits per heavy atom. The van der Waals surface area contributed by atoms with Crippen LogP contribution in [-0.2, 0) is 7.05 Å². The van der Waals surface area contributed by atoms with E-state index in [-0.39, 0.29) is 6.04 Å². The fourth-order valence-corrected chi connectivity index (χ4v) is 2.64. The van der Waals surface area contributed by atoms with Crippen molar-refractivity contribution in [1.29, 1.82) is 0 Å². The molecule has 2 aromatic rings. The first-order chi connectivity index (χ1) is 8.52. The Hall–Kier alpha value is -0.780. The Morgan fingerprint density at radius 1 is 1.22 bits per heavy atom. The van der Waals surface area contributed by atoms with Crippen LogP contribution in [0.25, 0.3) is 0 Å². The Labute approximate surface area is 120 Å². The number of hydrogen-bond donors (Lipinski definition) is 2. The molecule has 1 heterocycles. The first-order valence-electron chi connectivity index (χ1n) is 5.12. The van der Waals surface area contributed by atoms with Gasteiger partial charge in [0.15, 0.2) is 0 Å². The second-order valence-electron chi connectivity index (χ2n) is 3.80. The van der Waals surface area contributed by atoms with E-state index in [9.17, 15) is 0 Å². The van der Waals surface area contributed by atoms with E-state index >= 15 is 0 Å². The van der Waals surface area contributed by atoms with E-state index in [4.69, 9.17) is 40.6 Å². The number of nitrogens with one attached hydrogen (secondary N) is 1. The lowest BCUT2D eigenvalue weighted by Gasteiger charge is -2.18. The van der Waals surface area contributed by atoms with Gasteiger partial charge in [-0.15, -0.1) is 0 Å². The van der Waals surface area contributed by atoms with Gasteiger partial charge in [0.2, 0.25) is 0 Å². The average Bonchev–Trinajstić information content (AvgIpc) is 2.61. The molecule has 1 unspecified atom stereocenters. The van der Waals surface area contributed by atoms with E-state index in [1.165, 1.54) is 0 Å². The van der Waals surface area contributed by atoms with Crippen molar-refractivity contribution in [3.05, 3.63) is 50.7 Å². The Bertz CT molecular complexity index is 528. The monoisotopic (exact) mass is 304 g/mol. The van der Waals surface area contributed by atoms with Crippen molar-refractivity contribution < 1.29 is 0 Å². The van der Waals surface area contributed by atoms with Gasteiger partial charge in [-0.05, 0) is 23.8 Å². The molecule has 2 rings (SSSR count). The lowest BCUT2D eigenvalue weighted by Crippen LogP contribution is -2.30. The molecule has 0 fully saturated rings. The van der Waals surface area contributed by atoms with E-state index in [0.29, 0.717) is 15.1 Å². The smallest absolute Gasteiger partial charge is 0.0894 e. The van der Waals surface area contributed by atoms with Crippen molar-refractivity contribution in [2.45, 2.75) is 6.04 Å². The highest BCUT2D eigenvalue weighted by Crippen LogP contribution is 2.30. The normalized spacial score (nSPS) is 12.7. The number of hydrazine groups is 1. The summed E-state index contributed by atoms with van der Waals surface area (Å²) in [6.07, 6.45) is 1.56. The van der Waals surface area contributed by atoms with Gasteiger partial charge in [0.1, 0.15) is 0 Å². The van der Waals surface area contributed by atoms with Gasteiger partial charge in [-0.2, -0.15) is 5.10 Å². The summed E-state index contributed by atoms with van der Waals surface area (Å²) in [7, 11) is 1.79. The molecular weight excluding hydrogens is 295 g/mol. The highest BCUT2D eigenvalue weighted by Gasteiger charge is 2.20. The van der Waals surface area contributed by atoms with Gasteiger partial charge >= 0.3 is 0 Å². The first-order valence-corrected chi connectivity index (χ1v) is 6.26. The second-order valence-corrected chi connectivity index (χ2v) is 5.08. The van der Waals surface area contributed by atoms with E-state index in [1.807, 2.05) is 0 Å². The minimum Gasteiger partial charge on any atom is -0.271 e. The lowest BCUT2D eigenvalue weighted by atomic mass is 10.0. The van der Waals surface area contributed by atoms with Crippen LogP contribution in [0.3, 0.4) is 0 Å². The number of benzene rings is 1. The molecule has 0 aliphatic carbocycles. The van der Waals surface area contributed by atoms with Crippen LogP contribution in [-0.4, -0.2) is 9.78 Å². The molecule has 0 saturated carbocycles. The van der Waals surface area contributed by atoms with Crippen molar-refractivity contribution in [1.82, 2.24) is 15.2 Å². The largest absolute Gasteiger partial charge is 0.271 e. The van der Waals surface area contributed by atoms with E-state index < -0.39 is 0 Å². The highest BCUT2D eigenvalue weighted by atomic mass is 35.5. The first kappa shape index (κ1) is 13.6. The van der Waals surface area contributed by atoms with Gasteiger partial charge in [0.05, 0.1) is 23.0 Å². The summed E-state index contributed by atoms with van der Waals surface area (Å²) < 4.78 is 1.65. The number of nitrogens with two attached hydrogens (primary N) is 1. The molecule has 0 aliphatic heterocycles. The van der Waals surface area contributed by atoms with Crippen molar-refractivity contribution in [2.24, 2.45) is 12.9 Å². The summed E-state index contributed by atoms with van der Waals surface area (Å²) >= 11 is 18.1. The maximum Gasteiger partial charge on any atom is 0.0894 e. The molecule has 96 valence electrons. The van der Waals surface area contributed by atoms with Gasteiger partial charge in [0, 0.05) is 17.1 Å². The Balaban J connectivity index is 2.52. The topological polar surface area (TPSA) is 55.9 Å². The van der Waals surface area contributed by atoms with Crippen LogP contribution in [0.15, 0.2) is 24.4 Å². The van der Waals surface area contributed by atoms with Crippen molar-refractivity contribution in [3.8, 4) is 0 Å². The minimum absolute atomic E-state index is 0.332. The van der Waals surface area contributed by atoms with Crippen LogP contribution in [0.2, 0.25) is 15.1 Å². The molecule has 1 aromatic carbocycles. The number of rotatable bonds is 3. The number of halogens is 3. The molecule has 7 heteroatoms. The fraction of sp³-hybridized carbons (Fsp3) is 0.182. The molecule has 18 heavy (non-hydrogen) atoms. The molecule has 4 nitrogen and oxygen atoms in total. The van der Waals surface area contributed by atoms with E-state index in [2.05, 4.69) is 10.5 Å². The zero-order chi connectivity index (χ0) is 13.3. The highest BCUT2D eigenvalue weighted by molar-refractivity contribution is 6.34. The maximum absolute atomic E-state index is 6.10. The van der Waals surface area contributed by atoms with Crippen LogP contribution in [0.5, 0.6) is 0 Å². The van der Waals surface area contributed by atoms with Gasteiger partial charge in [-0.1, -0.05) is 34.8 Å². The fourth-order valence-electron chi connectivity index (χ4n) is 1.82. The molecule has 0 radical (unpaired) electrons. The van der Waals surface area contributed by atoms with Crippen molar-refractivity contribution in [2.75, 3.05) is 0 Å². The molecule has 3 N–H and O–H groups in total. The molecule has 0 saturated heterocycles. The van der Waals surface area contributed by atoms with Crippen LogP contribution < -0.4 is 11.3 Å². The Kier molecular flexibility index (Phi) is 4.14. The van der Waals surface area contributed by atoms with Crippen LogP contribution in [0.4, 0.5) is 0 Å². The van der Waals surface area contributed by atoms with Gasteiger partial charge in [-0.25, -0.2) is 5.43 Å². The number of hydrogen-bond acceptors (Lipinski definition) is 3. The molecule has 1 atom stereocenters. The minimum atomic E-state index is -0.332. The molecule has 0 bridgehead atoms. The lowest BCUT2D eigenvalue weighted by molar-refractivity contribution is 0.575. The summed E-state index contributed by atoms with van der Waals surface area (Å²) in [5, 5.41) is 5.68. The maximum atomic E-state index is 6.10. The van der Waals surface area contributed by atoms with Crippen LogP contribution >= 0.6 is 34.8 Å². The molecule has 0 aliphatic rings. The zero-order valence-corrected chi connectivity index (χ0v) is 11.8. The van der Waals surface area contributed by atoms with Crippen LogP contribution in [0, 0.1) is 0 Å². The standard InChI is InChI=1S/C11H11Cl3N4/c1-18-11(9(14)5-16-18)10(17-15)6-2-7(12)4-8(13)3-6/h2-5,10,17H,15H2,1H3. The zero-order valence-electron chi connectivity index (χ0n) is 9.49. The van der Waals surface area contributed by atoms with Crippen molar-refractivity contribution in [3.63, 3.8) is 0 Å². The predicted octanol–water partition coefficient (Wildman–Crippen LogP) is 2.93. The third kappa shape index (κ3) is 2.63. The van der Waals surface area contributed by atoms with E-state index in [0.717, 1.165) is 11.3 Å². The number of nitrogens with zero attached hydrogens (tertiary/aromatic N) is 2. The SMILES string of the molecule is Cn1ncc(Cl)c1C(NN)c1cc(Cl)cc(Cl)c1. The van der Waals surface area contributed by atoms with E-state index in [1.54, 1.807) is 36.1 Å². The average molecular weight is 306 g/mol. The third-order valence-electron chi connectivity index (χ3n) is 2.60. The summed E-state index contributed by atoms with van der Waals surface area (Å²) in [6.45, 7) is 0. The van der Waals surface area contributed by atoms with Gasteiger partial charge in [-0.3, -0.25) is 10.5 Å². The predicted molar refractivity (Wildman–Crippen MR) is 73.8 cm³/mol. The molecule has 0 amide bonds. The third-order valence-corrected chi connectivity index (χ3v) is 3.32.